The van der Waals surface area contributed by atoms with Gasteiger partial charge in [0.2, 0.25) is 5.91 Å². The minimum absolute atomic E-state index is 0.161. The zero-order valence-corrected chi connectivity index (χ0v) is 16.3. The van der Waals surface area contributed by atoms with Gasteiger partial charge < -0.3 is 19.8 Å². The van der Waals surface area contributed by atoms with E-state index in [9.17, 15) is 14.4 Å². The average Bonchev–Trinajstić information content (AvgIpc) is 2.70. The summed E-state index contributed by atoms with van der Waals surface area (Å²) in [7, 11) is 0. The lowest BCUT2D eigenvalue weighted by Gasteiger charge is -2.11. The standard InChI is InChI=1S/C22H22N2O5/c1-3-15-6-4-5-7-18(15)24-20(25)12-23-21(26)13-28-16-8-9-17-14(2)10-22(27)29-19(17)11-16/h4-11H,3,12-13H2,1-2H3,(H,23,26)(H,24,25). The van der Waals surface area contributed by atoms with Gasteiger partial charge in [-0.05, 0) is 42.7 Å². The molecule has 3 rings (SSSR count). The number of aryl methyl sites for hydroxylation is 2. The monoisotopic (exact) mass is 394 g/mol. The molecule has 0 aliphatic heterocycles. The molecular weight excluding hydrogens is 372 g/mol. The van der Waals surface area contributed by atoms with Crippen LogP contribution in [0.1, 0.15) is 18.1 Å². The van der Waals surface area contributed by atoms with Crippen molar-refractivity contribution in [1.82, 2.24) is 5.32 Å². The van der Waals surface area contributed by atoms with E-state index in [4.69, 9.17) is 9.15 Å². The van der Waals surface area contributed by atoms with E-state index in [1.807, 2.05) is 38.1 Å². The number of para-hydroxylation sites is 1. The summed E-state index contributed by atoms with van der Waals surface area (Å²) in [5, 5.41) is 6.10. The van der Waals surface area contributed by atoms with Gasteiger partial charge in [0.25, 0.3) is 5.91 Å². The van der Waals surface area contributed by atoms with Crippen LogP contribution in [0.2, 0.25) is 0 Å². The normalized spacial score (nSPS) is 10.6. The smallest absolute Gasteiger partial charge is 0.336 e. The molecule has 0 saturated heterocycles. The van der Waals surface area contributed by atoms with Gasteiger partial charge in [0.1, 0.15) is 11.3 Å². The Morgan fingerprint density at radius 1 is 1.07 bits per heavy atom. The maximum absolute atomic E-state index is 12.1. The second kappa shape index (κ2) is 9.05. The molecule has 7 heteroatoms. The highest BCUT2D eigenvalue weighted by Crippen LogP contribution is 2.22. The summed E-state index contributed by atoms with van der Waals surface area (Å²) in [4.78, 5) is 35.5. The van der Waals surface area contributed by atoms with Crippen LogP contribution in [-0.4, -0.2) is 25.0 Å². The minimum Gasteiger partial charge on any atom is -0.484 e. The third kappa shape index (κ3) is 5.22. The molecule has 0 spiro atoms. The minimum atomic E-state index is -0.444. The van der Waals surface area contributed by atoms with Crippen LogP contribution in [0.5, 0.6) is 5.75 Å². The fourth-order valence-corrected chi connectivity index (χ4v) is 2.92. The van der Waals surface area contributed by atoms with Crippen molar-refractivity contribution in [1.29, 1.82) is 0 Å². The molecule has 150 valence electrons. The zero-order chi connectivity index (χ0) is 20.8. The SMILES string of the molecule is CCc1ccccc1NC(=O)CNC(=O)COc1ccc2c(C)cc(=O)oc2c1. The van der Waals surface area contributed by atoms with Gasteiger partial charge in [0, 0.05) is 23.2 Å². The molecule has 2 N–H and O–H groups in total. The molecule has 0 atom stereocenters. The van der Waals surface area contributed by atoms with E-state index in [-0.39, 0.29) is 19.1 Å². The summed E-state index contributed by atoms with van der Waals surface area (Å²) in [5.74, 6) is -0.361. The van der Waals surface area contributed by atoms with Crippen LogP contribution in [-0.2, 0) is 16.0 Å². The molecule has 29 heavy (non-hydrogen) atoms. The van der Waals surface area contributed by atoms with Crippen molar-refractivity contribution in [2.75, 3.05) is 18.5 Å². The highest BCUT2D eigenvalue weighted by atomic mass is 16.5. The Labute approximate surface area is 167 Å². The van der Waals surface area contributed by atoms with Crippen molar-refractivity contribution in [3.63, 3.8) is 0 Å². The van der Waals surface area contributed by atoms with Gasteiger partial charge in [0.15, 0.2) is 6.61 Å². The molecule has 0 aliphatic rings. The number of nitrogens with one attached hydrogen (secondary N) is 2. The van der Waals surface area contributed by atoms with Gasteiger partial charge in [-0.1, -0.05) is 25.1 Å². The van der Waals surface area contributed by atoms with Gasteiger partial charge in [0.05, 0.1) is 6.54 Å². The number of ether oxygens (including phenoxy) is 1. The van der Waals surface area contributed by atoms with Crippen molar-refractivity contribution in [3.05, 3.63) is 70.1 Å². The van der Waals surface area contributed by atoms with Gasteiger partial charge in [-0.3, -0.25) is 9.59 Å². The molecule has 0 radical (unpaired) electrons. The molecule has 7 nitrogen and oxygen atoms in total. The van der Waals surface area contributed by atoms with E-state index in [2.05, 4.69) is 10.6 Å². The fourth-order valence-electron chi connectivity index (χ4n) is 2.92. The number of fused-ring (bicyclic) bond motifs is 1. The fraction of sp³-hybridized carbons (Fsp3) is 0.227. The van der Waals surface area contributed by atoms with Gasteiger partial charge in [-0.25, -0.2) is 4.79 Å². The van der Waals surface area contributed by atoms with Crippen LogP contribution in [0.3, 0.4) is 0 Å². The quantitative estimate of drug-likeness (QED) is 0.601. The van der Waals surface area contributed by atoms with Crippen LogP contribution in [0.15, 0.2) is 57.7 Å². The summed E-state index contributed by atoms with van der Waals surface area (Å²) < 4.78 is 10.6. The summed E-state index contributed by atoms with van der Waals surface area (Å²) in [6, 6.07) is 13.9. The number of amides is 2. The first-order chi connectivity index (χ1) is 14.0. The molecule has 0 aliphatic carbocycles. The zero-order valence-electron chi connectivity index (χ0n) is 16.3. The molecule has 1 heterocycles. The van der Waals surface area contributed by atoms with Crippen LogP contribution in [0, 0.1) is 6.92 Å². The summed E-state index contributed by atoms with van der Waals surface area (Å²) in [6.45, 7) is 3.40. The number of hydrogen-bond donors (Lipinski definition) is 2. The van der Waals surface area contributed by atoms with E-state index in [1.54, 1.807) is 18.2 Å². The Balaban J connectivity index is 1.51. The van der Waals surface area contributed by atoms with Crippen molar-refractivity contribution >= 4 is 28.5 Å². The van der Waals surface area contributed by atoms with Crippen LogP contribution in [0.4, 0.5) is 5.69 Å². The highest BCUT2D eigenvalue weighted by molar-refractivity contribution is 5.95. The molecule has 2 aromatic carbocycles. The van der Waals surface area contributed by atoms with E-state index in [0.29, 0.717) is 11.3 Å². The molecule has 0 unspecified atom stereocenters. The summed E-state index contributed by atoms with van der Waals surface area (Å²) in [6.07, 6.45) is 0.794. The Hall–Kier alpha value is -3.61. The van der Waals surface area contributed by atoms with E-state index < -0.39 is 11.5 Å². The lowest BCUT2D eigenvalue weighted by Crippen LogP contribution is -2.35. The Kier molecular flexibility index (Phi) is 6.29. The Morgan fingerprint density at radius 2 is 1.86 bits per heavy atom. The number of carbonyl (C=O) groups is 2. The van der Waals surface area contributed by atoms with E-state index >= 15 is 0 Å². The largest absolute Gasteiger partial charge is 0.484 e. The molecular formula is C22H22N2O5. The van der Waals surface area contributed by atoms with E-state index in [0.717, 1.165) is 28.6 Å². The molecule has 3 aromatic rings. The van der Waals surface area contributed by atoms with Gasteiger partial charge in [-0.2, -0.15) is 0 Å². The number of carbonyl (C=O) groups excluding carboxylic acids is 2. The molecule has 0 bridgehead atoms. The van der Waals surface area contributed by atoms with Crippen LogP contribution in [0.25, 0.3) is 11.0 Å². The molecule has 0 fully saturated rings. The number of benzene rings is 2. The first-order valence-electron chi connectivity index (χ1n) is 9.28. The predicted molar refractivity (Wildman–Crippen MR) is 110 cm³/mol. The number of rotatable bonds is 7. The summed E-state index contributed by atoms with van der Waals surface area (Å²) in [5.41, 5.74) is 2.51. The molecule has 1 aromatic heterocycles. The van der Waals surface area contributed by atoms with Gasteiger partial charge >= 0.3 is 5.63 Å². The number of anilines is 1. The average molecular weight is 394 g/mol. The van der Waals surface area contributed by atoms with Crippen molar-refractivity contribution in [2.24, 2.45) is 0 Å². The Morgan fingerprint density at radius 3 is 2.66 bits per heavy atom. The molecule has 0 saturated carbocycles. The highest BCUT2D eigenvalue weighted by Gasteiger charge is 2.09. The topological polar surface area (TPSA) is 97.6 Å². The van der Waals surface area contributed by atoms with E-state index in [1.165, 1.54) is 6.07 Å². The lowest BCUT2D eigenvalue weighted by molar-refractivity contribution is -0.125. The molecule has 2 amide bonds. The third-order valence-electron chi connectivity index (χ3n) is 4.41. The van der Waals surface area contributed by atoms with Crippen molar-refractivity contribution < 1.29 is 18.7 Å². The first-order valence-corrected chi connectivity index (χ1v) is 9.28. The maximum atomic E-state index is 12.1. The second-order valence-corrected chi connectivity index (χ2v) is 6.53. The van der Waals surface area contributed by atoms with Crippen LogP contribution < -0.4 is 21.0 Å². The van der Waals surface area contributed by atoms with Crippen LogP contribution >= 0.6 is 0 Å². The summed E-state index contributed by atoms with van der Waals surface area (Å²) >= 11 is 0. The lowest BCUT2D eigenvalue weighted by atomic mass is 10.1. The second-order valence-electron chi connectivity index (χ2n) is 6.53. The Bertz CT molecular complexity index is 1100. The maximum Gasteiger partial charge on any atom is 0.336 e. The first kappa shape index (κ1) is 20.1. The van der Waals surface area contributed by atoms with Gasteiger partial charge in [-0.15, -0.1) is 0 Å². The third-order valence-corrected chi connectivity index (χ3v) is 4.41. The number of hydrogen-bond acceptors (Lipinski definition) is 5. The van der Waals surface area contributed by atoms with Crippen molar-refractivity contribution in [3.8, 4) is 5.75 Å². The predicted octanol–water partition coefficient (Wildman–Crippen LogP) is 2.80. The van der Waals surface area contributed by atoms with Crippen molar-refractivity contribution in [2.45, 2.75) is 20.3 Å².